The molecule has 1 aliphatic rings. The maximum Gasteiger partial charge on any atom is 0.256 e. The first-order valence-corrected chi connectivity index (χ1v) is 8.31. The van der Waals surface area contributed by atoms with Gasteiger partial charge in [-0.3, -0.25) is 14.5 Å². The van der Waals surface area contributed by atoms with Gasteiger partial charge in [0.1, 0.15) is 5.56 Å². The summed E-state index contributed by atoms with van der Waals surface area (Å²) in [6.45, 7) is 4.76. The number of rotatable bonds is 4. The van der Waals surface area contributed by atoms with Crippen molar-refractivity contribution in [2.75, 3.05) is 19.6 Å². The van der Waals surface area contributed by atoms with Gasteiger partial charge >= 0.3 is 0 Å². The Hall–Kier alpha value is -1.85. The average molecular weight is 334 g/mol. The number of hydrogen-bond donors (Lipinski definition) is 2. The van der Waals surface area contributed by atoms with Gasteiger partial charge in [-0.15, -0.1) is 0 Å². The van der Waals surface area contributed by atoms with Crippen LogP contribution in [0.1, 0.15) is 30.1 Å². The highest BCUT2D eigenvalue weighted by molar-refractivity contribution is 6.31. The summed E-state index contributed by atoms with van der Waals surface area (Å²) >= 11 is 5.92. The van der Waals surface area contributed by atoms with Crippen LogP contribution in [-0.4, -0.2) is 41.5 Å². The Balaban J connectivity index is 1.77. The Kier molecular flexibility index (Phi) is 4.68. The number of halogens is 1. The first-order chi connectivity index (χ1) is 11.1. The second-order valence-electron chi connectivity index (χ2n) is 5.86. The van der Waals surface area contributed by atoms with Crippen LogP contribution in [0.4, 0.5) is 0 Å². The number of hydrogen-bond acceptors (Lipinski definition) is 3. The number of amides is 1. The number of carbonyl (C=O) groups is 1. The van der Waals surface area contributed by atoms with Gasteiger partial charge in [0.05, 0.1) is 5.52 Å². The molecule has 0 saturated carbocycles. The highest BCUT2D eigenvalue weighted by atomic mass is 35.5. The molecular weight excluding hydrogens is 314 g/mol. The molecular formula is C17H20ClN3O2. The van der Waals surface area contributed by atoms with E-state index in [-0.39, 0.29) is 16.9 Å². The Morgan fingerprint density at radius 2 is 2.30 bits per heavy atom. The molecule has 2 aromatic rings. The zero-order valence-electron chi connectivity index (χ0n) is 13.1. The minimum Gasteiger partial charge on any atom is -0.360 e. The molecule has 1 atom stereocenters. The average Bonchev–Trinajstić information content (AvgIpc) is 3.00. The minimum atomic E-state index is -0.328. The van der Waals surface area contributed by atoms with E-state index in [1.807, 2.05) is 0 Å². The van der Waals surface area contributed by atoms with Crippen molar-refractivity contribution < 1.29 is 4.79 Å². The molecule has 1 aromatic carbocycles. The van der Waals surface area contributed by atoms with E-state index in [4.69, 9.17) is 11.6 Å². The fourth-order valence-corrected chi connectivity index (χ4v) is 3.38. The smallest absolute Gasteiger partial charge is 0.256 e. The van der Waals surface area contributed by atoms with Gasteiger partial charge in [0, 0.05) is 29.2 Å². The standard InChI is InChI=1S/C17H20ClN3O2/c1-2-21-7-3-4-12(21)9-20-17(23)14-10-19-15-8-11(18)5-6-13(15)16(14)22/h5-6,8,10,12H,2-4,7,9H2,1H3,(H,19,22)(H,20,23). The first kappa shape index (κ1) is 16.0. The molecule has 1 unspecified atom stereocenters. The summed E-state index contributed by atoms with van der Waals surface area (Å²) in [5.41, 5.74) is 0.500. The Labute approximate surface area is 139 Å². The van der Waals surface area contributed by atoms with Gasteiger partial charge in [-0.05, 0) is 44.1 Å². The van der Waals surface area contributed by atoms with Crippen molar-refractivity contribution in [3.63, 3.8) is 0 Å². The third kappa shape index (κ3) is 3.26. The van der Waals surface area contributed by atoms with E-state index >= 15 is 0 Å². The van der Waals surface area contributed by atoms with E-state index in [0.29, 0.717) is 28.5 Å². The lowest BCUT2D eigenvalue weighted by Crippen LogP contribution is -2.41. The number of likely N-dealkylation sites (tertiary alicyclic amines) is 1. The molecule has 2 heterocycles. The van der Waals surface area contributed by atoms with Crippen LogP contribution in [0.5, 0.6) is 0 Å². The SMILES string of the molecule is CCN1CCCC1CNC(=O)c1c[nH]c2cc(Cl)ccc2c1=O. The molecule has 1 fully saturated rings. The van der Waals surface area contributed by atoms with E-state index in [1.54, 1.807) is 18.2 Å². The van der Waals surface area contributed by atoms with Gasteiger partial charge in [-0.25, -0.2) is 0 Å². The molecule has 0 aliphatic carbocycles. The van der Waals surface area contributed by atoms with Crippen LogP contribution in [0, 0.1) is 0 Å². The number of H-pyrrole nitrogens is 1. The summed E-state index contributed by atoms with van der Waals surface area (Å²) in [4.78, 5) is 30.1. The highest BCUT2D eigenvalue weighted by Gasteiger charge is 2.23. The number of nitrogens with one attached hydrogen (secondary N) is 2. The minimum absolute atomic E-state index is 0.140. The molecule has 1 amide bonds. The molecule has 1 saturated heterocycles. The third-order valence-electron chi connectivity index (χ3n) is 4.49. The Bertz CT molecular complexity index is 787. The molecule has 6 heteroatoms. The lowest BCUT2D eigenvalue weighted by atomic mass is 10.1. The van der Waals surface area contributed by atoms with Crippen LogP contribution >= 0.6 is 11.6 Å². The maximum absolute atomic E-state index is 12.5. The van der Waals surface area contributed by atoms with Crippen molar-refractivity contribution in [1.29, 1.82) is 0 Å². The normalized spacial score (nSPS) is 18.4. The van der Waals surface area contributed by atoms with Gasteiger partial charge in [-0.1, -0.05) is 18.5 Å². The second-order valence-corrected chi connectivity index (χ2v) is 6.29. The quantitative estimate of drug-likeness (QED) is 0.903. The number of aromatic amines is 1. The van der Waals surface area contributed by atoms with E-state index in [1.165, 1.54) is 6.20 Å². The number of pyridine rings is 1. The predicted octanol–water partition coefficient (Wildman–Crippen LogP) is 2.40. The number of likely N-dealkylation sites (N-methyl/N-ethyl adjacent to an activating group) is 1. The van der Waals surface area contributed by atoms with Crippen LogP contribution in [0.25, 0.3) is 10.9 Å². The number of carbonyl (C=O) groups excluding carboxylic acids is 1. The lowest BCUT2D eigenvalue weighted by molar-refractivity contribution is 0.0940. The number of fused-ring (bicyclic) bond motifs is 1. The molecule has 1 aromatic heterocycles. The van der Waals surface area contributed by atoms with Crippen molar-refractivity contribution in [2.45, 2.75) is 25.8 Å². The van der Waals surface area contributed by atoms with E-state index in [9.17, 15) is 9.59 Å². The largest absolute Gasteiger partial charge is 0.360 e. The Morgan fingerprint density at radius 3 is 3.09 bits per heavy atom. The topological polar surface area (TPSA) is 65.2 Å². The van der Waals surface area contributed by atoms with Crippen LogP contribution in [0.2, 0.25) is 5.02 Å². The highest BCUT2D eigenvalue weighted by Crippen LogP contribution is 2.16. The van der Waals surface area contributed by atoms with Gasteiger partial charge in [0.2, 0.25) is 5.43 Å². The Morgan fingerprint density at radius 1 is 1.48 bits per heavy atom. The van der Waals surface area contributed by atoms with Crippen molar-refractivity contribution >= 4 is 28.4 Å². The van der Waals surface area contributed by atoms with Crippen molar-refractivity contribution in [3.8, 4) is 0 Å². The molecule has 0 spiro atoms. The molecule has 1 aliphatic heterocycles. The molecule has 0 radical (unpaired) electrons. The lowest BCUT2D eigenvalue weighted by Gasteiger charge is -2.22. The summed E-state index contributed by atoms with van der Waals surface area (Å²) < 4.78 is 0. The number of aromatic nitrogens is 1. The first-order valence-electron chi connectivity index (χ1n) is 7.93. The number of nitrogens with zero attached hydrogens (tertiary/aromatic N) is 1. The molecule has 3 rings (SSSR count). The maximum atomic E-state index is 12.5. The zero-order chi connectivity index (χ0) is 16.4. The van der Waals surface area contributed by atoms with E-state index in [2.05, 4.69) is 22.1 Å². The van der Waals surface area contributed by atoms with Crippen molar-refractivity contribution in [3.05, 3.63) is 45.2 Å². The number of benzene rings is 1. The summed E-state index contributed by atoms with van der Waals surface area (Å²) in [6, 6.07) is 5.33. The van der Waals surface area contributed by atoms with Crippen molar-refractivity contribution in [1.82, 2.24) is 15.2 Å². The van der Waals surface area contributed by atoms with Crippen LogP contribution in [-0.2, 0) is 0 Å². The van der Waals surface area contributed by atoms with Gasteiger partial charge < -0.3 is 10.3 Å². The molecule has 122 valence electrons. The summed E-state index contributed by atoms with van der Waals surface area (Å²) in [5.74, 6) is -0.328. The predicted molar refractivity (Wildman–Crippen MR) is 92.2 cm³/mol. The summed E-state index contributed by atoms with van der Waals surface area (Å²) in [5, 5.41) is 3.91. The van der Waals surface area contributed by atoms with Crippen LogP contribution < -0.4 is 10.7 Å². The second kappa shape index (κ2) is 6.72. The molecule has 0 bridgehead atoms. The van der Waals surface area contributed by atoms with Gasteiger partial charge in [0.25, 0.3) is 5.91 Å². The van der Waals surface area contributed by atoms with Crippen LogP contribution in [0.3, 0.4) is 0 Å². The molecule has 2 N–H and O–H groups in total. The van der Waals surface area contributed by atoms with E-state index in [0.717, 1.165) is 25.9 Å². The fourth-order valence-electron chi connectivity index (χ4n) is 3.21. The molecule has 23 heavy (non-hydrogen) atoms. The monoisotopic (exact) mass is 333 g/mol. The fraction of sp³-hybridized carbons (Fsp3) is 0.412. The van der Waals surface area contributed by atoms with Crippen molar-refractivity contribution in [2.24, 2.45) is 0 Å². The van der Waals surface area contributed by atoms with Crippen LogP contribution in [0.15, 0.2) is 29.2 Å². The zero-order valence-corrected chi connectivity index (χ0v) is 13.8. The van der Waals surface area contributed by atoms with E-state index < -0.39 is 0 Å². The van der Waals surface area contributed by atoms with Gasteiger partial charge in [0.15, 0.2) is 0 Å². The van der Waals surface area contributed by atoms with Gasteiger partial charge in [-0.2, -0.15) is 0 Å². The third-order valence-corrected chi connectivity index (χ3v) is 4.73. The summed E-state index contributed by atoms with van der Waals surface area (Å²) in [7, 11) is 0. The molecule has 5 nitrogen and oxygen atoms in total. The summed E-state index contributed by atoms with van der Waals surface area (Å²) in [6.07, 6.45) is 3.70.